The molecule has 4 N–H and O–H groups in total. The molecule has 0 saturated carbocycles. The topological polar surface area (TPSA) is 105 Å². The van der Waals surface area contributed by atoms with Crippen LogP contribution in [0.1, 0.15) is 25.3 Å². The molecule has 27 heavy (non-hydrogen) atoms. The summed E-state index contributed by atoms with van der Waals surface area (Å²) in [6.07, 6.45) is 1.62. The largest absolute Gasteiger partial charge is 0.457 e. The molecule has 7 nitrogen and oxygen atoms in total. The van der Waals surface area contributed by atoms with Gasteiger partial charge in [-0.25, -0.2) is 8.42 Å². The lowest BCUT2D eigenvalue weighted by atomic mass is 9.96. The molecule has 1 saturated heterocycles. The third-order valence-electron chi connectivity index (χ3n) is 5.18. The zero-order valence-electron chi connectivity index (χ0n) is 15.1. The maximum Gasteiger partial charge on any atom is 0.244 e. The van der Waals surface area contributed by atoms with E-state index in [1.165, 1.54) is 0 Å². The Bertz CT molecular complexity index is 957. The minimum Gasteiger partial charge on any atom is -0.457 e. The number of nitrogens with one attached hydrogen (secondary N) is 1. The van der Waals surface area contributed by atoms with Gasteiger partial charge >= 0.3 is 0 Å². The van der Waals surface area contributed by atoms with Crippen LogP contribution in [0.25, 0.3) is 0 Å². The van der Waals surface area contributed by atoms with E-state index in [0.717, 1.165) is 25.1 Å². The molecule has 2 unspecified atom stereocenters. The third-order valence-corrected chi connectivity index (χ3v) is 6.67. The van der Waals surface area contributed by atoms with Crippen LogP contribution in [-0.2, 0) is 15.6 Å². The number of nitrogens with zero attached hydrogens (tertiary/aromatic N) is 1. The molecule has 4 rings (SSSR count). The number of anilines is 1. The Hall–Kier alpha value is -2.13. The Morgan fingerprint density at radius 3 is 2.67 bits per heavy atom. The van der Waals surface area contributed by atoms with Crippen LogP contribution in [-0.4, -0.2) is 32.8 Å². The standard InChI is InChI=1S/C19H23N3O4S/c1-19(23,12-20)13-4-6-14(7-5-13)26-15-8-9-16-17(11-15)27(24,25)21-18-3-2-10-22(16)18/h4-9,11,18,21,23H,2-3,10,12,20H2,1H3. The minimum absolute atomic E-state index is 0.111. The summed E-state index contributed by atoms with van der Waals surface area (Å²) >= 11 is 0. The normalized spacial score (nSPS) is 22.6. The minimum atomic E-state index is -3.56. The second-order valence-electron chi connectivity index (χ2n) is 7.21. The van der Waals surface area contributed by atoms with Gasteiger partial charge in [-0.15, -0.1) is 0 Å². The van der Waals surface area contributed by atoms with Crippen molar-refractivity contribution >= 4 is 15.7 Å². The fourth-order valence-electron chi connectivity index (χ4n) is 3.57. The van der Waals surface area contributed by atoms with Gasteiger partial charge in [-0.3, -0.25) is 0 Å². The van der Waals surface area contributed by atoms with Crippen molar-refractivity contribution in [3.63, 3.8) is 0 Å². The lowest BCUT2D eigenvalue weighted by Gasteiger charge is -2.33. The van der Waals surface area contributed by atoms with Gasteiger partial charge in [0.05, 0.1) is 17.5 Å². The Morgan fingerprint density at radius 1 is 1.26 bits per heavy atom. The lowest BCUT2D eigenvalue weighted by Crippen LogP contribution is -2.48. The van der Waals surface area contributed by atoms with Gasteiger partial charge in [-0.2, -0.15) is 4.72 Å². The van der Waals surface area contributed by atoms with Crippen LogP contribution in [0.4, 0.5) is 5.69 Å². The molecule has 0 bridgehead atoms. The summed E-state index contributed by atoms with van der Waals surface area (Å²) in [5.41, 5.74) is 5.89. The number of fused-ring (bicyclic) bond motifs is 3. The van der Waals surface area contributed by atoms with Crippen molar-refractivity contribution in [1.82, 2.24) is 4.72 Å². The van der Waals surface area contributed by atoms with E-state index in [1.807, 2.05) is 0 Å². The molecule has 2 atom stereocenters. The average molecular weight is 389 g/mol. The number of hydrogen-bond acceptors (Lipinski definition) is 6. The van der Waals surface area contributed by atoms with Gasteiger partial charge in [0.2, 0.25) is 10.0 Å². The van der Waals surface area contributed by atoms with Crippen LogP contribution in [0.3, 0.4) is 0 Å². The number of aliphatic hydroxyl groups is 1. The number of hydrogen-bond donors (Lipinski definition) is 3. The highest BCUT2D eigenvalue weighted by Gasteiger charge is 2.37. The second-order valence-corrected chi connectivity index (χ2v) is 8.89. The van der Waals surface area contributed by atoms with E-state index in [1.54, 1.807) is 49.4 Å². The maximum absolute atomic E-state index is 12.6. The predicted octanol–water partition coefficient (Wildman–Crippen LogP) is 1.86. The molecule has 1 fully saturated rings. The highest BCUT2D eigenvalue weighted by atomic mass is 32.2. The second kappa shape index (κ2) is 6.49. The average Bonchev–Trinajstić information content (AvgIpc) is 3.10. The van der Waals surface area contributed by atoms with Crippen molar-refractivity contribution < 1.29 is 18.3 Å². The Kier molecular flexibility index (Phi) is 4.38. The molecule has 2 aliphatic rings. The number of ether oxygens (including phenoxy) is 1. The van der Waals surface area contributed by atoms with Crippen molar-refractivity contribution in [2.75, 3.05) is 18.0 Å². The van der Waals surface area contributed by atoms with Gasteiger partial charge < -0.3 is 20.5 Å². The summed E-state index contributed by atoms with van der Waals surface area (Å²) in [5.74, 6) is 0.988. The van der Waals surface area contributed by atoms with Gasteiger partial charge in [-0.1, -0.05) is 12.1 Å². The van der Waals surface area contributed by atoms with Crippen LogP contribution in [0.2, 0.25) is 0 Å². The molecule has 0 radical (unpaired) electrons. The summed E-state index contributed by atoms with van der Waals surface area (Å²) in [6, 6.07) is 12.1. The van der Waals surface area contributed by atoms with E-state index in [9.17, 15) is 13.5 Å². The van der Waals surface area contributed by atoms with Crippen LogP contribution < -0.4 is 20.1 Å². The van der Waals surface area contributed by atoms with Crippen molar-refractivity contribution in [1.29, 1.82) is 0 Å². The van der Waals surface area contributed by atoms with Crippen LogP contribution in [0.15, 0.2) is 47.4 Å². The van der Waals surface area contributed by atoms with E-state index < -0.39 is 15.6 Å². The van der Waals surface area contributed by atoms with Crippen molar-refractivity contribution in [2.45, 2.75) is 36.4 Å². The fourth-order valence-corrected chi connectivity index (χ4v) is 5.03. The van der Waals surface area contributed by atoms with Gasteiger partial charge in [-0.05, 0) is 49.6 Å². The molecular formula is C19H23N3O4S. The molecule has 0 amide bonds. The summed E-state index contributed by atoms with van der Waals surface area (Å²) in [7, 11) is -3.56. The number of benzene rings is 2. The van der Waals surface area contributed by atoms with E-state index in [4.69, 9.17) is 10.5 Å². The molecule has 8 heteroatoms. The highest BCUT2D eigenvalue weighted by molar-refractivity contribution is 7.89. The van der Waals surface area contributed by atoms with E-state index in [2.05, 4.69) is 9.62 Å². The zero-order chi connectivity index (χ0) is 19.2. The first-order valence-electron chi connectivity index (χ1n) is 8.94. The molecule has 0 aromatic heterocycles. The molecule has 0 spiro atoms. The summed E-state index contributed by atoms with van der Waals surface area (Å²) in [6.45, 7) is 2.60. The quantitative estimate of drug-likeness (QED) is 0.737. The van der Waals surface area contributed by atoms with Crippen LogP contribution in [0, 0.1) is 0 Å². The Balaban J connectivity index is 1.61. The van der Waals surface area contributed by atoms with E-state index in [-0.39, 0.29) is 17.6 Å². The van der Waals surface area contributed by atoms with Gasteiger partial charge in [0.1, 0.15) is 16.4 Å². The summed E-state index contributed by atoms with van der Waals surface area (Å²) < 4.78 is 33.7. The maximum atomic E-state index is 12.6. The van der Waals surface area contributed by atoms with Gasteiger partial charge in [0.25, 0.3) is 0 Å². The Morgan fingerprint density at radius 2 is 1.96 bits per heavy atom. The third kappa shape index (κ3) is 3.29. The highest BCUT2D eigenvalue weighted by Crippen LogP contribution is 2.38. The smallest absolute Gasteiger partial charge is 0.244 e. The van der Waals surface area contributed by atoms with Gasteiger partial charge in [0.15, 0.2) is 0 Å². The molecule has 144 valence electrons. The molecular weight excluding hydrogens is 366 g/mol. The van der Waals surface area contributed by atoms with Crippen molar-refractivity contribution in [3.05, 3.63) is 48.0 Å². The summed E-state index contributed by atoms with van der Waals surface area (Å²) in [5, 5.41) is 10.2. The molecule has 2 aromatic carbocycles. The SMILES string of the molecule is CC(O)(CN)c1ccc(Oc2ccc3c(c2)S(=O)(=O)NC2CCCN32)cc1. The number of sulfonamides is 1. The zero-order valence-corrected chi connectivity index (χ0v) is 15.9. The molecule has 2 aromatic rings. The van der Waals surface area contributed by atoms with Crippen molar-refractivity contribution in [3.8, 4) is 11.5 Å². The number of nitrogens with two attached hydrogens (primary N) is 1. The van der Waals surface area contributed by atoms with E-state index >= 15 is 0 Å². The predicted molar refractivity (Wildman–Crippen MR) is 102 cm³/mol. The number of rotatable bonds is 4. The van der Waals surface area contributed by atoms with Crippen molar-refractivity contribution in [2.24, 2.45) is 5.73 Å². The van der Waals surface area contributed by atoms with Gasteiger partial charge in [0, 0.05) is 19.2 Å². The summed E-state index contributed by atoms with van der Waals surface area (Å²) in [4.78, 5) is 2.32. The molecule has 0 aliphatic carbocycles. The molecule has 2 heterocycles. The Labute approximate surface area is 158 Å². The fraction of sp³-hybridized carbons (Fsp3) is 0.368. The van der Waals surface area contributed by atoms with Crippen LogP contribution in [0.5, 0.6) is 11.5 Å². The van der Waals surface area contributed by atoms with Crippen LogP contribution >= 0.6 is 0 Å². The lowest BCUT2D eigenvalue weighted by molar-refractivity contribution is 0.0668. The first-order chi connectivity index (χ1) is 12.8. The first kappa shape index (κ1) is 18.2. The molecule has 2 aliphatic heterocycles. The van der Waals surface area contributed by atoms with E-state index in [0.29, 0.717) is 17.1 Å². The first-order valence-corrected chi connectivity index (χ1v) is 10.4. The monoisotopic (exact) mass is 389 g/mol.